The van der Waals surface area contributed by atoms with Gasteiger partial charge in [-0.05, 0) is 42.3 Å². The fourth-order valence-electron chi connectivity index (χ4n) is 2.21. The summed E-state index contributed by atoms with van der Waals surface area (Å²) in [6, 6.07) is 14.1. The van der Waals surface area contributed by atoms with Gasteiger partial charge in [0.05, 0.1) is 19.6 Å². The van der Waals surface area contributed by atoms with Crippen LogP contribution in [-0.4, -0.2) is 25.6 Å². The number of carbonyl (C=O) groups excluding carboxylic acids is 2. The minimum Gasteiger partial charge on any atom is -0.484 e. The first kappa shape index (κ1) is 18.8. The van der Waals surface area contributed by atoms with Crippen LogP contribution < -0.4 is 10.1 Å². The third kappa shape index (κ3) is 6.12. The minimum absolute atomic E-state index is 0.0890. The molecule has 0 heterocycles. The van der Waals surface area contributed by atoms with Crippen molar-refractivity contribution >= 4 is 23.5 Å². The van der Waals surface area contributed by atoms with Crippen molar-refractivity contribution in [3.8, 4) is 5.75 Å². The number of methoxy groups -OCH3 is 1. The summed E-state index contributed by atoms with van der Waals surface area (Å²) in [6.45, 7) is 1.80. The first-order valence-electron chi connectivity index (χ1n) is 7.81. The molecule has 0 unspecified atom stereocenters. The summed E-state index contributed by atoms with van der Waals surface area (Å²) < 4.78 is 10.1. The van der Waals surface area contributed by atoms with Gasteiger partial charge in [-0.2, -0.15) is 0 Å². The molecule has 0 aliphatic carbocycles. The number of benzene rings is 2. The van der Waals surface area contributed by atoms with E-state index in [9.17, 15) is 9.59 Å². The smallest absolute Gasteiger partial charge is 0.309 e. The number of nitrogens with one attached hydrogen (secondary N) is 1. The van der Waals surface area contributed by atoms with Gasteiger partial charge in [0.25, 0.3) is 5.91 Å². The second-order valence-corrected chi connectivity index (χ2v) is 5.96. The molecule has 0 fully saturated rings. The lowest BCUT2D eigenvalue weighted by molar-refractivity contribution is -0.139. The fourth-order valence-corrected chi connectivity index (χ4v) is 2.34. The maximum Gasteiger partial charge on any atom is 0.309 e. The van der Waals surface area contributed by atoms with E-state index in [0.717, 1.165) is 11.1 Å². The Balaban J connectivity index is 1.81. The Hall–Kier alpha value is -2.53. The van der Waals surface area contributed by atoms with Crippen LogP contribution in [0.4, 0.5) is 0 Å². The molecule has 0 saturated heterocycles. The van der Waals surface area contributed by atoms with E-state index in [2.05, 4.69) is 10.1 Å². The Labute approximate surface area is 151 Å². The third-order valence-electron chi connectivity index (χ3n) is 3.62. The van der Waals surface area contributed by atoms with Gasteiger partial charge in [-0.1, -0.05) is 35.9 Å². The average Bonchev–Trinajstić information content (AvgIpc) is 2.61. The van der Waals surface area contributed by atoms with Crippen molar-refractivity contribution in [1.29, 1.82) is 0 Å². The minimum atomic E-state index is -0.302. The van der Waals surface area contributed by atoms with Gasteiger partial charge in [0.2, 0.25) is 0 Å². The number of esters is 1. The second-order valence-electron chi connectivity index (χ2n) is 5.53. The normalized spacial score (nSPS) is 11.5. The molecular formula is C19H20ClNO4. The zero-order valence-electron chi connectivity index (χ0n) is 14.1. The summed E-state index contributed by atoms with van der Waals surface area (Å²) in [5.41, 5.74) is 1.78. The van der Waals surface area contributed by atoms with Crippen molar-refractivity contribution in [2.45, 2.75) is 19.4 Å². The second kappa shape index (κ2) is 9.08. The first-order valence-corrected chi connectivity index (χ1v) is 8.19. The van der Waals surface area contributed by atoms with Gasteiger partial charge >= 0.3 is 5.97 Å². The Kier molecular flexibility index (Phi) is 6.83. The Morgan fingerprint density at radius 3 is 2.32 bits per heavy atom. The van der Waals surface area contributed by atoms with Crippen LogP contribution in [0.5, 0.6) is 5.75 Å². The van der Waals surface area contributed by atoms with E-state index in [4.69, 9.17) is 16.3 Å². The molecule has 0 spiro atoms. The van der Waals surface area contributed by atoms with Gasteiger partial charge in [-0.25, -0.2) is 0 Å². The van der Waals surface area contributed by atoms with E-state index < -0.39 is 0 Å². The highest BCUT2D eigenvalue weighted by atomic mass is 35.5. The molecule has 6 heteroatoms. The lowest BCUT2D eigenvalue weighted by Gasteiger charge is -2.15. The maximum absolute atomic E-state index is 12.0. The van der Waals surface area contributed by atoms with Crippen molar-refractivity contribution in [3.63, 3.8) is 0 Å². The quantitative estimate of drug-likeness (QED) is 0.768. The number of halogens is 1. The zero-order valence-corrected chi connectivity index (χ0v) is 14.9. The fraction of sp³-hybridized carbons (Fsp3) is 0.263. The molecular weight excluding hydrogens is 342 g/mol. The van der Waals surface area contributed by atoms with Crippen LogP contribution in [0.2, 0.25) is 5.02 Å². The van der Waals surface area contributed by atoms with Crippen molar-refractivity contribution in [2.24, 2.45) is 0 Å². The standard InChI is InChI=1S/C19H20ClNO4/c1-13(15-5-7-16(20)8-6-15)21-18(22)12-25-17-9-3-14(4-10-17)11-19(23)24-2/h3-10,13H,11-12H2,1-2H3,(H,21,22)/t13-/m1/s1. The molecule has 0 aromatic heterocycles. The molecule has 2 aromatic rings. The summed E-state index contributed by atoms with van der Waals surface area (Å²) >= 11 is 5.85. The van der Waals surface area contributed by atoms with E-state index in [-0.39, 0.29) is 30.9 Å². The van der Waals surface area contributed by atoms with Crippen LogP contribution in [-0.2, 0) is 20.7 Å². The van der Waals surface area contributed by atoms with Crippen LogP contribution in [0.25, 0.3) is 0 Å². The highest BCUT2D eigenvalue weighted by molar-refractivity contribution is 6.30. The summed E-state index contributed by atoms with van der Waals surface area (Å²) in [6.07, 6.45) is 0.204. The average molecular weight is 362 g/mol. The third-order valence-corrected chi connectivity index (χ3v) is 3.87. The van der Waals surface area contributed by atoms with Crippen molar-refractivity contribution < 1.29 is 19.1 Å². The lowest BCUT2D eigenvalue weighted by Crippen LogP contribution is -2.31. The van der Waals surface area contributed by atoms with Crippen LogP contribution in [0.15, 0.2) is 48.5 Å². The first-order chi connectivity index (χ1) is 12.0. The van der Waals surface area contributed by atoms with E-state index >= 15 is 0 Å². The summed E-state index contributed by atoms with van der Waals surface area (Å²) in [5, 5.41) is 3.52. The van der Waals surface area contributed by atoms with Gasteiger partial charge < -0.3 is 14.8 Å². The predicted molar refractivity (Wildman–Crippen MR) is 95.7 cm³/mol. The molecule has 2 rings (SSSR count). The number of ether oxygens (including phenoxy) is 2. The van der Waals surface area contributed by atoms with Gasteiger partial charge in [0, 0.05) is 5.02 Å². The summed E-state index contributed by atoms with van der Waals surface area (Å²) in [4.78, 5) is 23.2. The Morgan fingerprint density at radius 1 is 1.08 bits per heavy atom. The largest absolute Gasteiger partial charge is 0.484 e. The van der Waals surface area contributed by atoms with Crippen LogP contribution in [0.1, 0.15) is 24.1 Å². The summed E-state index contributed by atoms with van der Waals surface area (Å²) in [5.74, 6) is 0.0354. The Bertz CT molecular complexity index is 713. The molecule has 1 amide bonds. The number of amides is 1. The highest BCUT2D eigenvalue weighted by Gasteiger charge is 2.10. The molecule has 25 heavy (non-hydrogen) atoms. The number of hydrogen-bond acceptors (Lipinski definition) is 4. The van der Waals surface area contributed by atoms with Crippen LogP contribution in [0, 0.1) is 0 Å². The van der Waals surface area contributed by atoms with Gasteiger partial charge in [0.15, 0.2) is 6.61 Å². The number of hydrogen-bond donors (Lipinski definition) is 1. The van der Waals surface area contributed by atoms with E-state index in [1.54, 1.807) is 36.4 Å². The summed E-state index contributed by atoms with van der Waals surface area (Å²) in [7, 11) is 1.35. The molecule has 2 aromatic carbocycles. The molecule has 132 valence electrons. The molecule has 0 aliphatic rings. The van der Waals surface area contributed by atoms with Gasteiger partial charge in [-0.15, -0.1) is 0 Å². The predicted octanol–water partition coefficient (Wildman–Crippen LogP) is 3.31. The van der Waals surface area contributed by atoms with E-state index in [1.807, 2.05) is 19.1 Å². The van der Waals surface area contributed by atoms with E-state index in [1.165, 1.54) is 7.11 Å². The Morgan fingerprint density at radius 2 is 1.72 bits per heavy atom. The van der Waals surface area contributed by atoms with Crippen molar-refractivity contribution in [1.82, 2.24) is 5.32 Å². The van der Waals surface area contributed by atoms with Crippen molar-refractivity contribution in [2.75, 3.05) is 13.7 Å². The van der Waals surface area contributed by atoms with Gasteiger partial charge in [0.1, 0.15) is 5.75 Å². The topological polar surface area (TPSA) is 64.6 Å². The maximum atomic E-state index is 12.0. The zero-order chi connectivity index (χ0) is 18.2. The van der Waals surface area contributed by atoms with Crippen LogP contribution in [0.3, 0.4) is 0 Å². The molecule has 5 nitrogen and oxygen atoms in total. The molecule has 0 radical (unpaired) electrons. The molecule has 0 aliphatic heterocycles. The molecule has 1 N–H and O–H groups in total. The lowest BCUT2D eigenvalue weighted by atomic mass is 10.1. The molecule has 1 atom stereocenters. The number of rotatable bonds is 7. The van der Waals surface area contributed by atoms with E-state index in [0.29, 0.717) is 10.8 Å². The van der Waals surface area contributed by atoms with Crippen LogP contribution >= 0.6 is 11.6 Å². The van der Waals surface area contributed by atoms with Gasteiger partial charge in [-0.3, -0.25) is 9.59 Å². The van der Waals surface area contributed by atoms with Crippen molar-refractivity contribution in [3.05, 3.63) is 64.7 Å². The SMILES string of the molecule is COC(=O)Cc1ccc(OCC(=O)N[C@H](C)c2ccc(Cl)cc2)cc1. The number of carbonyl (C=O) groups is 2. The molecule has 0 bridgehead atoms. The highest BCUT2D eigenvalue weighted by Crippen LogP contribution is 2.16. The monoisotopic (exact) mass is 361 g/mol. The molecule has 0 saturated carbocycles.